The van der Waals surface area contributed by atoms with E-state index in [4.69, 9.17) is 0 Å². The average Bonchev–Trinajstić information content (AvgIpc) is 2.73. The predicted octanol–water partition coefficient (Wildman–Crippen LogP) is 3.14. The monoisotopic (exact) mass is 232 g/mol. The molecule has 2 nitrogen and oxygen atoms in total. The Labute approximate surface area is 105 Å². The maximum absolute atomic E-state index is 4.61. The molecule has 0 saturated heterocycles. The summed E-state index contributed by atoms with van der Waals surface area (Å²) in [6, 6.07) is 4.87. The molecule has 0 spiro atoms. The van der Waals surface area contributed by atoms with Gasteiger partial charge in [-0.15, -0.1) is 0 Å². The normalized spacial score (nSPS) is 20.6. The Bertz CT molecular complexity index is 360. The molecule has 0 bridgehead atoms. The molecular formula is C15H24N2. The van der Waals surface area contributed by atoms with Gasteiger partial charge in [0.2, 0.25) is 0 Å². The van der Waals surface area contributed by atoms with Crippen molar-refractivity contribution < 1.29 is 0 Å². The molecule has 0 fully saturated rings. The Balaban J connectivity index is 2.15. The van der Waals surface area contributed by atoms with Crippen LogP contribution in [0.15, 0.2) is 18.3 Å². The Morgan fingerprint density at radius 2 is 2.29 bits per heavy atom. The van der Waals surface area contributed by atoms with Crippen LogP contribution in [0.5, 0.6) is 0 Å². The van der Waals surface area contributed by atoms with Crippen LogP contribution in [0.4, 0.5) is 0 Å². The molecule has 0 amide bonds. The second-order valence-electron chi connectivity index (χ2n) is 5.42. The summed E-state index contributed by atoms with van der Waals surface area (Å²) in [6.07, 6.45) is 5.59. The molecule has 0 aromatic carbocycles. The van der Waals surface area contributed by atoms with Crippen molar-refractivity contribution in [3.05, 3.63) is 29.6 Å². The minimum Gasteiger partial charge on any atom is -0.313 e. The maximum Gasteiger partial charge on any atom is 0.0482 e. The van der Waals surface area contributed by atoms with Gasteiger partial charge in [0.05, 0.1) is 0 Å². The van der Waals surface area contributed by atoms with Crippen molar-refractivity contribution >= 4 is 0 Å². The molecule has 0 radical (unpaired) electrons. The second kappa shape index (κ2) is 5.63. The molecule has 0 saturated carbocycles. The van der Waals surface area contributed by atoms with E-state index in [2.05, 4.69) is 43.2 Å². The molecule has 94 valence electrons. The maximum atomic E-state index is 4.61. The standard InChI is InChI=1S/C15H24N2/c1-4-9-16-14(11(2)3)13-8-7-12-6-5-10-17-15(12)13/h5-6,10-11,13-14,16H,4,7-9H2,1-3H3. The van der Waals surface area contributed by atoms with Gasteiger partial charge in [0.15, 0.2) is 0 Å². The summed E-state index contributed by atoms with van der Waals surface area (Å²) in [6.45, 7) is 7.97. The highest BCUT2D eigenvalue weighted by Gasteiger charge is 2.31. The quantitative estimate of drug-likeness (QED) is 0.843. The lowest BCUT2D eigenvalue weighted by Gasteiger charge is -2.28. The Morgan fingerprint density at radius 1 is 1.47 bits per heavy atom. The van der Waals surface area contributed by atoms with E-state index < -0.39 is 0 Å². The van der Waals surface area contributed by atoms with Crippen LogP contribution in [0, 0.1) is 5.92 Å². The van der Waals surface area contributed by atoms with E-state index in [1.54, 1.807) is 0 Å². The lowest BCUT2D eigenvalue weighted by atomic mass is 9.88. The number of aryl methyl sites for hydroxylation is 1. The zero-order valence-corrected chi connectivity index (χ0v) is 11.2. The summed E-state index contributed by atoms with van der Waals surface area (Å²) in [4.78, 5) is 4.61. The van der Waals surface area contributed by atoms with Crippen molar-refractivity contribution in [2.75, 3.05) is 6.54 Å². The van der Waals surface area contributed by atoms with Crippen LogP contribution >= 0.6 is 0 Å². The van der Waals surface area contributed by atoms with Crippen LogP contribution in [-0.2, 0) is 6.42 Å². The molecule has 2 heteroatoms. The Hall–Kier alpha value is -0.890. The molecule has 2 atom stereocenters. The van der Waals surface area contributed by atoms with Crippen molar-refractivity contribution in [1.82, 2.24) is 10.3 Å². The van der Waals surface area contributed by atoms with Gasteiger partial charge in [0, 0.05) is 23.9 Å². The summed E-state index contributed by atoms with van der Waals surface area (Å²) < 4.78 is 0. The lowest BCUT2D eigenvalue weighted by Crippen LogP contribution is -2.39. The first-order valence-electron chi connectivity index (χ1n) is 6.91. The average molecular weight is 232 g/mol. The molecule has 0 aliphatic heterocycles. The number of nitrogens with one attached hydrogen (secondary N) is 1. The Morgan fingerprint density at radius 3 is 3.00 bits per heavy atom. The molecular weight excluding hydrogens is 208 g/mol. The molecule has 17 heavy (non-hydrogen) atoms. The fraction of sp³-hybridized carbons (Fsp3) is 0.667. The van der Waals surface area contributed by atoms with Gasteiger partial charge in [-0.25, -0.2) is 0 Å². The highest BCUT2D eigenvalue weighted by atomic mass is 14.9. The second-order valence-corrected chi connectivity index (χ2v) is 5.42. The molecule has 1 N–H and O–H groups in total. The summed E-state index contributed by atoms with van der Waals surface area (Å²) in [5.74, 6) is 1.28. The van der Waals surface area contributed by atoms with Crippen molar-refractivity contribution in [3.63, 3.8) is 0 Å². The third-order valence-corrected chi connectivity index (χ3v) is 3.78. The molecule has 2 unspecified atom stereocenters. The zero-order chi connectivity index (χ0) is 12.3. The van der Waals surface area contributed by atoms with Gasteiger partial charge in [-0.1, -0.05) is 26.8 Å². The molecule has 1 aromatic heterocycles. The lowest BCUT2D eigenvalue weighted by molar-refractivity contribution is 0.336. The number of rotatable bonds is 5. The number of fused-ring (bicyclic) bond motifs is 1. The zero-order valence-electron chi connectivity index (χ0n) is 11.2. The van der Waals surface area contributed by atoms with E-state index in [0.717, 1.165) is 6.54 Å². The topological polar surface area (TPSA) is 24.9 Å². The van der Waals surface area contributed by atoms with E-state index in [0.29, 0.717) is 17.9 Å². The first-order valence-corrected chi connectivity index (χ1v) is 6.91. The third-order valence-electron chi connectivity index (χ3n) is 3.78. The highest BCUT2D eigenvalue weighted by Crippen LogP contribution is 2.35. The molecule has 1 aromatic rings. The van der Waals surface area contributed by atoms with Gasteiger partial charge >= 0.3 is 0 Å². The van der Waals surface area contributed by atoms with Crippen LogP contribution in [0.3, 0.4) is 0 Å². The fourth-order valence-corrected chi connectivity index (χ4v) is 2.95. The molecule has 2 rings (SSSR count). The van der Waals surface area contributed by atoms with E-state index >= 15 is 0 Å². The van der Waals surface area contributed by atoms with Crippen molar-refractivity contribution in [3.8, 4) is 0 Å². The van der Waals surface area contributed by atoms with Gasteiger partial charge in [0.25, 0.3) is 0 Å². The van der Waals surface area contributed by atoms with Crippen LogP contribution in [0.2, 0.25) is 0 Å². The first-order chi connectivity index (χ1) is 8.24. The smallest absolute Gasteiger partial charge is 0.0482 e. The number of hydrogen-bond acceptors (Lipinski definition) is 2. The number of hydrogen-bond donors (Lipinski definition) is 1. The van der Waals surface area contributed by atoms with Gasteiger partial charge in [-0.3, -0.25) is 4.98 Å². The van der Waals surface area contributed by atoms with Crippen molar-refractivity contribution in [1.29, 1.82) is 0 Å². The summed E-state index contributed by atoms with van der Waals surface area (Å²) in [7, 11) is 0. The number of nitrogens with zero attached hydrogens (tertiary/aromatic N) is 1. The molecule has 1 heterocycles. The van der Waals surface area contributed by atoms with Crippen molar-refractivity contribution in [2.24, 2.45) is 5.92 Å². The first kappa shape index (κ1) is 12.6. The summed E-state index contributed by atoms with van der Waals surface area (Å²) in [5.41, 5.74) is 2.80. The van der Waals surface area contributed by atoms with E-state index in [-0.39, 0.29) is 0 Å². The van der Waals surface area contributed by atoms with E-state index in [1.165, 1.54) is 30.5 Å². The van der Waals surface area contributed by atoms with Gasteiger partial charge in [-0.2, -0.15) is 0 Å². The Kier molecular flexibility index (Phi) is 4.16. The predicted molar refractivity (Wildman–Crippen MR) is 72.2 cm³/mol. The third kappa shape index (κ3) is 2.68. The fourth-order valence-electron chi connectivity index (χ4n) is 2.95. The SMILES string of the molecule is CCCNC(C(C)C)C1CCc2cccnc21. The van der Waals surface area contributed by atoms with Crippen LogP contribution < -0.4 is 5.32 Å². The van der Waals surface area contributed by atoms with E-state index in [9.17, 15) is 0 Å². The van der Waals surface area contributed by atoms with Crippen LogP contribution in [0.25, 0.3) is 0 Å². The minimum absolute atomic E-state index is 0.575. The van der Waals surface area contributed by atoms with Crippen molar-refractivity contribution in [2.45, 2.75) is 52.0 Å². The van der Waals surface area contributed by atoms with Gasteiger partial charge in [-0.05, 0) is 43.4 Å². The summed E-state index contributed by atoms with van der Waals surface area (Å²) >= 11 is 0. The van der Waals surface area contributed by atoms with Crippen LogP contribution in [0.1, 0.15) is 50.8 Å². The van der Waals surface area contributed by atoms with E-state index in [1.807, 2.05) is 6.20 Å². The van der Waals surface area contributed by atoms with Gasteiger partial charge < -0.3 is 5.32 Å². The highest BCUT2D eigenvalue weighted by molar-refractivity contribution is 5.30. The molecule has 1 aliphatic rings. The minimum atomic E-state index is 0.575. The van der Waals surface area contributed by atoms with Crippen LogP contribution in [-0.4, -0.2) is 17.6 Å². The number of pyridine rings is 1. The van der Waals surface area contributed by atoms with Gasteiger partial charge in [0.1, 0.15) is 0 Å². The number of aromatic nitrogens is 1. The largest absolute Gasteiger partial charge is 0.313 e. The summed E-state index contributed by atoms with van der Waals surface area (Å²) in [5, 5.41) is 3.71. The molecule has 1 aliphatic carbocycles.